The first-order valence-electron chi connectivity index (χ1n) is 4.12. The Morgan fingerprint density at radius 1 is 1.46 bits per heavy atom. The minimum Gasteiger partial charge on any atom is -0.477 e. The fraction of sp³-hybridized carbons (Fsp3) is 0.556. The van der Waals surface area contributed by atoms with Crippen LogP contribution in [0.3, 0.4) is 0 Å². The van der Waals surface area contributed by atoms with Crippen LogP contribution in [-0.4, -0.2) is 21.3 Å². The standard InChI is InChI=1S/C9H14N2O2/c1-5-6(8(12)13)10-11-7(5)9(2,3)4/h1-4H3,(H,10,11)(H,12,13). The Morgan fingerprint density at radius 3 is 2.23 bits per heavy atom. The highest BCUT2D eigenvalue weighted by Gasteiger charge is 2.23. The van der Waals surface area contributed by atoms with E-state index in [9.17, 15) is 4.79 Å². The van der Waals surface area contributed by atoms with Crippen molar-refractivity contribution in [2.75, 3.05) is 0 Å². The molecule has 0 unspecified atom stereocenters. The van der Waals surface area contributed by atoms with Gasteiger partial charge >= 0.3 is 5.97 Å². The zero-order valence-electron chi connectivity index (χ0n) is 8.30. The predicted molar refractivity (Wildman–Crippen MR) is 49.0 cm³/mol. The Hall–Kier alpha value is -1.32. The van der Waals surface area contributed by atoms with Gasteiger partial charge in [0.05, 0.1) is 5.69 Å². The molecule has 0 aliphatic heterocycles. The summed E-state index contributed by atoms with van der Waals surface area (Å²) in [6.07, 6.45) is 0. The van der Waals surface area contributed by atoms with Crippen LogP contribution in [0, 0.1) is 6.92 Å². The second kappa shape index (κ2) is 2.87. The molecule has 1 heterocycles. The Labute approximate surface area is 77.0 Å². The monoisotopic (exact) mass is 182 g/mol. The maximum Gasteiger partial charge on any atom is 0.354 e. The van der Waals surface area contributed by atoms with Crippen molar-refractivity contribution in [2.24, 2.45) is 0 Å². The number of aromatic amines is 1. The molecule has 0 bridgehead atoms. The van der Waals surface area contributed by atoms with Gasteiger partial charge in [-0.2, -0.15) is 5.10 Å². The molecule has 0 amide bonds. The molecule has 0 spiro atoms. The number of carboxylic acids is 1. The number of nitrogens with zero attached hydrogens (tertiary/aromatic N) is 1. The molecule has 0 saturated heterocycles. The maximum absolute atomic E-state index is 10.7. The van der Waals surface area contributed by atoms with E-state index in [1.807, 2.05) is 20.8 Å². The first-order valence-corrected chi connectivity index (χ1v) is 4.12. The molecule has 1 aromatic rings. The van der Waals surface area contributed by atoms with Gasteiger partial charge in [0.15, 0.2) is 0 Å². The number of rotatable bonds is 1. The first-order chi connectivity index (χ1) is 5.84. The van der Waals surface area contributed by atoms with Crippen molar-refractivity contribution in [2.45, 2.75) is 33.1 Å². The summed E-state index contributed by atoms with van der Waals surface area (Å²) < 4.78 is 0. The number of carboxylic acid groups (broad SMARTS) is 1. The van der Waals surface area contributed by atoms with Gasteiger partial charge in [0, 0.05) is 11.0 Å². The fourth-order valence-electron chi connectivity index (χ4n) is 1.34. The first kappa shape index (κ1) is 9.77. The van der Waals surface area contributed by atoms with E-state index in [-0.39, 0.29) is 11.1 Å². The van der Waals surface area contributed by atoms with Crippen molar-refractivity contribution >= 4 is 5.97 Å². The number of H-pyrrole nitrogens is 1. The molecule has 0 atom stereocenters. The minimum absolute atomic E-state index is 0.117. The van der Waals surface area contributed by atoms with Crippen molar-refractivity contribution in [3.8, 4) is 0 Å². The van der Waals surface area contributed by atoms with Crippen molar-refractivity contribution in [3.63, 3.8) is 0 Å². The molecule has 4 heteroatoms. The van der Waals surface area contributed by atoms with Crippen molar-refractivity contribution < 1.29 is 9.90 Å². The molecule has 2 N–H and O–H groups in total. The van der Waals surface area contributed by atoms with Gasteiger partial charge in [-0.1, -0.05) is 20.8 Å². The van der Waals surface area contributed by atoms with Gasteiger partial charge in [-0.05, 0) is 6.92 Å². The highest BCUT2D eigenvalue weighted by atomic mass is 16.4. The molecule has 0 aliphatic carbocycles. The van der Waals surface area contributed by atoms with Crippen molar-refractivity contribution in [1.29, 1.82) is 0 Å². The average Bonchev–Trinajstić information content (AvgIpc) is 2.28. The van der Waals surface area contributed by atoms with Crippen LogP contribution in [0.2, 0.25) is 0 Å². The SMILES string of the molecule is Cc1c(C(C)(C)C)n[nH]c1C(=O)O. The van der Waals surface area contributed by atoms with Crippen LogP contribution in [0.25, 0.3) is 0 Å². The Morgan fingerprint density at radius 2 is 2.00 bits per heavy atom. The molecule has 72 valence electrons. The zero-order chi connectivity index (χ0) is 10.2. The zero-order valence-corrected chi connectivity index (χ0v) is 8.30. The fourth-order valence-corrected chi connectivity index (χ4v) is 1.34. The third-order valence-corrected chi connectivity index (χ3v) is 1.93. The smallest absolute Gasteiger partial charge is 0.354 e. The summed E-state index contributed by atoms with van der Waals surface area (Å²) >= 11 is 0. The number of hydrogen-bond donors (Lipinski definition) is 2. The largest absolute Gasteiger partial charge is 0.477 e. The normalized spacial score (nSPS) is 11.7. The van der Waals surface area contributed by atoms with E-state index in [2.05, 4.69) is 10.2 Å². The highest BCUT2D eigenvalue weighted by molar-refractivity contribution is 5.87. The third kappa shape index (κ3) is 1.71. The van der Waals surface area contributed by atoms with Crippen LogP contribution in [0.15, 0.2) is 0 Å². The Kier molecular flexibility index (Phi) is 2.15. The van der Waals surface area contributed by atoms with E-state index in [0.29, 0.717) is 0 Å². The molecule has 0 fully saturated rings. The summed E-state index contributed by atoms with van der Waals surface area (Å²) in [7, 11) is 0. The van der Waals surface area contributed by atoms with E-state index < -0.39 is 5.97 Å². The van der Waals surface area contributed by atoms with Crippen molar-refractivity contribution in [3.05, 3.63) is 17.0 Å². The van der Waals surface area contributed by atoms with Gasteiger partial charge < -0.3 is 5.11 Å². The third-order valence-electron chi connectivity index (χ3n) is 1.93. The van der Waals surface area contributed by atoms with E-state index in [1.54, 1.807) is 6.92 Å². The Bertz CT molecular complexity index is 334. The summed E-state index contributed by atoms with van der Waals surface area (Å²) in [6, 6.07) is 0. The summed E-state index contributed by atoms with van der Waals surface area (Å²) in [5.41, 5.74) is 1.60. The quantitative estimate of drug-likeness (QED) is 0.694. The molecular formula is C9H14N2O2. The second-order valence-corrected chi connectivity index (χ2v) is 4.13. The Balaban J connectivity index is 3.22. The molecule has 0 aromatic carbocycles. The molecule has 0 saturated carbocycles. The van der Waals surface area contributed by atoms with Crippen LogP contribution < -0.4 is 0 Å². The number of hydrogen-bond acceptors (Lipinski definition) is 2. The number of nitrogens with one attached hydrogen (secondary N) is 1. The van der Waals surface area contributed by atoms with Gasteiger partial charge in [0.1, 0.15) is 5.69 Å². The van der Waals surface area contributed by atoms with Gasteiger partial charge in [0.2, 0.25) is 0 Å². The average molecular weight is 182 g/mol. The molecule has 4 nitrogen and oxygen atoms in total. The molecular weight excluding hydrogens is 168 g/mol. The number of aromatic carboxylic acids is 1. The van der Waals surface area contributed by atoms with Crippen LogP contribution in [0.5, 0.6) is 0 Å². The highest BCUT2D eigenvalue weighted by Crippen LogP contribution is 2.24. The van der Waals surface area contributed by atoms with Gasteiger partial charge in [0.25, 0.3) is 0 Å². The topological polar surface area (TPSA) is 66.0 Å². The lowest BCUT2D eigenvalue weighted by Crippen LogP contribution is -2.13. The lowest BCUT2D eigenvalue weighted by Gasteiger charge is -2.15. The van der Waals surface area contributed by atoms with Gasteiger partial charge in [-0.15, -0.1) is 0 Å². The molecule has 0 aliphatic rings. The number of aromatic nitrogens is 2. The molecule has 1 aromatic heterocycles. The lowest BCUT2D eigenvalue weighted by atomic mass is 9.89. The molecule has 1 rings (SSSR count). The second-order valence-electron chi connectivity index (χ2n) is 4.13. The number of carbonyl (C=O) groups is 1. The summed E-state index contributed by atoms with van der Waals surface area (Å²) in [4.78, 5) is 10.7. The minimum atomic E-state index is -0.958. The summed E-state index contributed by atoms with van der Waals surface area (Å²) in [6.45, 7) is 7.78. The van der Waals surface area contributed by atoms with Crippen LogP contribution in [0.1, 0.15) is 42.5 Å². The van der Waals surface area contributed by atoms with E-state index >= 15 is 0 Å². The predicted octanol–water partition coefficient (Wildman–Crippen LogP) is 1.71. The van der Waals surface area contributed by atoms with E-state index in [0.717, 1.165) is 11.3 Å². The van der Waals surface area contributed by atoms with Crippen LogP contribution in [-0.2, 0) is 5.41 Å². The van der Waals surface area contributed by atoms with Gasteiger partial charge in [-0.3, -0.25) is 5.10 Å². The van der Waals surface area contributed by atoms with E-state index in [4.69, 9.17) is 5.11 Å². The maximum atomic E-state index is 10.7. The van der Waals surface area contributed by atoms with E-state index in [1.165, 1.54) is 0 Å². The van der Waals surface area contributed by atoms with Gasteiger partial charge in [-0.25, -0.2) is 4.79 Å². The summed E-state index contributed by atoms with van der Waals surface area (Å²) in [5.74, 6) is -0.958. The van der Waals surface area contributed by atoms with Crippen LogP contribution >= 0.6 is 0 Å². The lowest BCUT2D eigenvalue weighted by molar-refractivity contribution is 0.0689. The van der Waals surface area contributed by atoms with Crippen molar-refractivity contribution in [1.82, 2.24) is 10.2 Å². The summed E-state index contributed by atoms with van der Waals surface area (Å²) in [5, 5.41) is 15.3. The van der Waals surface area contributed by atoms with Crippen LogP contribution in [0.4, 0.5) is 0 Å². The molecule has 13 heavy (non-hydrogen) atoms. The molecule has 0 radical (unpaired) electrons.